The molecule has 6 nitrogen and oxygen atoms in total. The number of carbonyl (C=O) groups excluding carboxylic acids is 1. The van der Waals surface area contributed by atoms with Crippen molar-refractivity contribution in [1.82, 2.24) is 25.3 Å². The third kappa shape index (κ3) is 3.69. The van der Waals surface area contributed by atoms with Crippen LogP contribution in [0, 0.1) is 5.41 Å². The maximum atomic E-state index is 12.6. The Kier molecular flexibility index (Phi) is 4.39. The highest BCUT2D eigenvalue weighted by Gasteiger charge is 2.34. The maximum Gasteiger partial charge on any atom is 0.270 e. The van der Waals surface area contributed by atoms with E-state index in [-0.39, 0.29) is 17.4 Å². The van der Waals surface area contributed by atoms with E-state index in [4.69, 9.17) is 4.98 Å². The van der Waals surface area contributed by atoms with E-state index in [1.807, 2.05) is 24.4 Å². The zero-order valence-corrected chi connectivity index (χ0v) is 15.4. The van der Waals surface area contributed by atoms with Gasteiger partial charge in [-0.05, 0) is 42.5 Å². The van der Waals surface area contributed by atoms with Crippen LogP contribution in [-0.4, -0.2) is 25.8 Å². The van der Waals surface area contributed by atoms with Gasteiger partial charge < -0.3 is 5.32 Å². The molecule has 27 heavy (non-hydrogen) atoms. The number of fused-ring (bicyclic) bond motifs is 1. The highest BCUT2D eigenvalue weighted by atomic mass is 16.1. The summed E-state index contributed by atoms with van der Waals surface area (Å²) >= 11 is 0. The van der Waals surface area contributed by atoms with Gasteiger partial charge in [0.2, 0.25) is 0 Å². The molecular formula is C21H21N5O. The van der Waals surface area contributed by atoms with Crippen molar-refractivity contribution in [2.75, 3.05) is 0 Å². The molecule has 1 aliphatic rings. The molecule has 0 aliphatic heterocycles. The monoisotopic (exact) mass is 359 g/mol. The van der Waals surface area contributed by atoms with Gasteiger partial charge in [0.1, 0.15) is 5.69 Å². The fourth-order valence-corrected chi connectivity index (χ4v) is 3.54. The van der Waals surface area contributed by atoms with Gasteiger partial charge >= 0.3 is 0 Å². The first-order valence-electron chi connectivity index (χ1n) is 9.00. The minimum atomic E-state index is -0.180. The third-order valence-electron chi connectivity index (χ3n) is 4.80. The fraction of sp³-hybridized carbons (Fsp3) is 0.286. The van der Waals surface area contributed by atoms with Gasteiger partial charge in [-0.25, -0.2) is 9.97 Å². The molecule has 0 saturated carbocycles. The Balaban J connectivity index is 1.66. The van der Waals surface area contributed by atoms with Crippen molar-refractivity contribution in [3.63, 3.8) is 0 Å². The lowest BCUT2D eigenvalue weighted by molar-refractivity contribution is 0.0914. The SMILES string of the molecule is CC1(C)Cc2nc(-c3cccnc3)ncc2C(NC(=O)c2ccccn2)C1. The van der Waals surface area contributed by atoms with Crippen LogP contribution >= 0.6 is 0 Å². The predicted octanol–water partition coefficient (Wildman–Crippen LogP) is 3.38. The predicted molar refractivity (Wildman–Crippen MR) is 102 cm³/mol. The molecule has 0 spiro atoms. The van der Waals surface area contributed by atoms with Gasteiger partial charge in [-0.1, -0.05) is 19.9 Å². The molecule has 136 valence electrons. The Bertz CT molecular complexity index is 957. The van der Waals surface area contributed by atoms with E-state index in [0.29, 0.717) is 11.5 Å². The third-order valence-corrected chi connectivity index (χ3v) is 4.80. The highest BCUT2D eigenvalue weighted by Crippen LogP contribution is 2.40. The first-order valence-corrected chi connectivity index (χ1v) is 9.00. The van der Waals surface area contributed by atoms with Crippen molar-refractivity contribution >= 4 is 5.91 Å². The van der Waals surface area contributed by atoms with E-state index >= 15 is 0 Å². The number of amides is 1. The van der Waals surface area contributed by atoms with Crippen LogP contribution in [0.4, 0.5) is 0 Å². The summed E-state index contributed by atoms with van der Waals surface area (Å²) in [7, 11) is 0. The van der Waals surface area contributed by atoms with Gasteiger partial charge in [0.15, 0.2) is 5.82 Å². The molecule has 1 aliphatic carbocycles. The molecule has 0 aromatic carbocycles. The van der Waals surface area contributed by atoms with Crippen LogP contribution in [0.25, 0.3) is 11.4 Å². The number of nitrogens with zero attached hydrogens (tertiary/aromatic N) is 4. The van der Waals surface area contributed by atoms with Crippen molar-refractivity contribution in [2.45, 2.75) is 32.7 Å². The Hall–Kier alpha value is -3.15. The topological polar surface area (TPSA) is 80.7 Å². The summed E-state index contributed by atoms with van der Waals surface area (Å²) in [5.41, 5.74) is 3.28. The van der Waals surface area contributed by atoms with E-state index < -0.39 is 0 Å². The molecule has 0 bridgehead atoms. The zero-order valence-electron chi connectivity index (χ0n) is 15.4. The summed E-state index contributed by atoms with van der Waals surface area (Å²) in [5.74, 6) is 0.481. The van der Waals surface area contributed by atoms with E-state index in [1.54, 1.807) is 30.7 Å². The number of aromatic nitrogens is 4. The van der Waals surface area contributed by atoms with Crippen LogP contribution in [0.1, 0.15) is 48.1 Å². The fourth-order valence-electron chi connectivity index (χ4n) is 3.54. The molecule has 0 fully saturated rings. The van der Waals surface area contributed by atoms with E-state index in [9.17, 15) is 4.79 Å². The largest absolute Gasteiger partial charge is 0.344 e. The van der Waals surface area contributed by atoms with Gasteiger partial charge in [0, 0.05) is 35.9 Å². The normalized spacial score (nSPS) is 17.8. The molecule has 1 atom stereocenters. The number of hydrogen-bond acceptors (Lipinski definition) is 5. The first-order chi connectivity index (χ1) is 13.0. The molecule has 3 heterocycles. The molecule has 0 saturated heterocycles. The Morgan fingerprint density at radius 3 is 2.74 bits per heavy atom. The van der Waals surface area contributed by atoms with Crippen molar-refractivity contribution < 1.29 is 4.79 Å². The summed E-state index contributed by atoms with van der Waals surface area (Å²) in [6.07, 6.45) is 8.62. The minimum Gasteiger partial charge on any atom is -0.344 e. The summed E-state index contributed by atoms with van der Waals surface area (Å²) in [6.45, 7) is 4.39. The lowest BCUT2D eigenvalue weighted by atomic mass is 9.74. The Labute approximate surface area is 158 Å². The lowest BCUT2D eigenvalue weighted by Gasteiger charge is -2.36. The number of rotatable bonds is 3. The number of nitrogens with one attached hydrogen (secondary N) is 1. The molecule has 1 unspecified atom stereocenters. The Morgan fingerprint density at radius 1 is 1.11 bits per heavy atom. The quantitative estimate of drug-likeness (QED) is 0.775. The van der Waals surface area contributed by atoms with E-state index in [1.165, 1.54) is 0 Å². The summed E-state index contributed by atoms with van der Waals surface area (Å²) < 4.78 is 0. The molecule has 3 aromatic heterocycles. The maximum absolute atomic E-state index is 12.6. The van der Waals surface area contributed by atoms with Crippen LogP contribution in [0.5, 0.6) is 0 Å². The molecular weight excluding hydrogens is 338 g/mol. The van der Waals surface area contributed by atoms with Crippen LogP contribution in [-0.2, 0) is 6.42 Å². The first kappa shape index (κ1) is 17.3. The highest BCUT2D eigenvalue weighted by molar-refractivity contribution is 5.92. The van der Waals surface area contributed by atoms with Gasteiger partial charge in [-0.15, -0.1) is 0 Å². The van der Waals surface area contributed by atoms with E-state index in [0.717, 1.165) is 29.7 Å². The van der Waals surface area contributed by atoms with Crippen LogP contribution in [0.15, 0.2) is 55.1 Å². The van der Waals surface area contributed by atoms with Crippen molar-refractivity contribution in [3.05, 3.63) is 72.1 Å². The van der Waals surface area contributed by atoms with Crippen LogP contribution < -0.4 is 5.32 Å². The number of pyridine rings is 2. The standard InChI is InChI=1S/C21H21N5O/c1-21(2)10-17-15(13-24-19(25-17)14-6-5-8-22-12-14)18(11-21)26-20(27)16-7-3-4-9-23-16/h3-9,12-13,18H,10-11H2,1-2H3,(H,26,27). The van der Waals surface area contributed by atoms with Crippen LogP contribution in [0.2, 0.25) is 0 Å². The molecule has 0 radical (unpaired) electrons. The van der Waals surface area contributed by atoms with Crippen LogP contribution in [0.3, 0.4) is 0 Å². The zero-order chi connectivity index (χ0) is 18.9. The second-order valence-electron chi connectivity index (χ2n) is 7.62. The van der Waals surface area contributed by atoms with Gasteiger partial charge in [-0.3, -0.25) is 14.8 Å². The van der Waals surface area contributed by atoms with Crippen molar-refractivity contribution in [1.29, 1.82) is 0 Å². The van der Waals surface area contributed by atoms with Crippen molar-refractivity contribution in [3.8, 4) is 11.4 Å². The summed E-state index contributed by atoms with van der Waals surface area (Å²) in [5, 5.41) is 3.11. The smallest absolute Gasteiger partial charge is 0.270 e. The lowest BCUT2D eigenvalue weighted by Crippen LogP contribution is -2.37. The van der Waals surface area contributed by atoms with Gasteiger partial charge in [-0.2, -0.15) is 0 Å². The summed E-state index contributed by atoms with van der Waals surface area (Å²) in [6, 6.07) is 9.00. The van der Waals surface area contributed by atoms with E-state index in [2.05, 4.69) is 34.1 Å². The molecule has 1 N–H and O–H groups in total. The minimum absolute atomic E-state index is 0.0234. The number of carbonyl (C=O) groups is 1. The Morgan fingerprint density at radius 2 is 2.00 bits per heavy atom. The second kappa shape index (κ2) is 6.87. The van der Waals surface area contributed by atoms with Gasteiger partial charge in [0.05, 0.1) is 11.7 Å². The average Bonchev–Trinajstić information content (AvgIpc) is 2.68. The molecule has 4 rings (SSSR count). The van der Waals surface area contributed by atoms with Gasteiger partial charge in [0.25, 0.3) is 5.91 Å². The molecule has 6 heteroatoms. The summed E-state index contributed by atoms with van der Waals surface area (Å²) in [4.78, 5) is 30.2. The molecule has 1 amide bonds. The second-order valence-corrected chi connectivity index (χ2v) is 7.62. The molecule has 3 aromatic rings. The van der Waals surface area contributed by atoms with Crippen molar-refractivity contribution in [2.24, 2.45) is 5.41 Å². The number of hydrogen-bond donors (Lipinski definition) is 1. The average molecular weight is 359 g/mol.